The van der Waals surface area contributed by atoms with E-state index in [2.05, 4.69) is 5.32 Å². The number of amides is 1. The zero-order chi connectivity index (χ0) is 18.7. The predicted octanol–water partition coefficient (Wildman–Crippen LogP) is 3.48. The van der Waals surface area contributed by atoms with Gasteiger partial charge in [-0.3, -0.25) is 9.59 Å². The van der Waals surface area contributed by atoms with Crippen molar-refractivity contribution < 1.29 is 23.8 Å². The number of carboxylic acids is 1. The first kappa shape index (κ1) is 17.9. The molecular weight excluding hydrogens is 337 g/mol. The smallest absolute Gasteiger partial charge is 0.306 e. The fourth-order valence-corrected chi connectivity index (χ4v) is 3.26. The number of ether oxygens (including phenoxy) is 1. The van der Waals surface area contributed by atoms with Gasteiger partial charge in [0, 0.05) is 6.04 Å². The van der Waals surface area contributed by atoms with Crippen LogP contribution in [0.3, 0.4) is 0 Å². The normalized spacial score (nSPS) is 19.2. The Bertz CT molecular complexity index is 819. The third-order valence-corrected chi connectivity index (χ3v) is 4.75. The van der Waals surface area contributed by atoms with Crippen LogP contribution in [0.25, 0.3) is 11.1 Å². The number of carboxylic acid groups (broad SMARTS) is 1. The lowest BCUT2D eigenvalue weighted by Crippen LogP contribution is -2.33. The Labute approximate surface area is 150 Å². The Morgan fingerprint density at radius 2 is 1.81 bits per heavy atom. The van der Waals surface area contributed by atoms with Gasteiger partial charge < -0.3 is 15.2 Å². The molecule has 1 aliphatic rings. The SMILES string of the molecule is COc1ccc(-c2ccc(C(=O)N[C@@H]3CC[C@H](C(=O)O)C3)c(F)c2)cc1. The minimum absolute atomic E-state index is 0.0407. The van der Waals surface area contributed by atoms with Gasteiger partial charge in [0.25, 0.3) is 5.91 Å². The van der Waals surface area contributed by atoms with Crippen molar-refractivity contribution in [1.82, 2.24) is 5.32 Å². The van der Waals surface area contributed by atoms with Crippen molar-refractivity contribution in [2.24, 2.45) is 5.92 Å². The van der Waals surface area contributed by atoms with E-state index >= 15 is 0 Å². The molecule has 0 saturated heterocycles. The Hall–Kier alpha value is -2.89. The molecule has 3 rings (SSSR count). The quantitative estimate of drug-likeness (QED) is 0.859. The predicted molar refractivity (Wildman–Crippen MR) is 94.6 cm³/mol. The van der Waals surface area contributed by atoms with Gasteiger partial charge in [0.1, 0.15) is 11.6 Å². The molecule has 2 N–H and O–H groups in total. The first-order chi connectivity index (χ1) is 12.5. The highest BCUT2D eigenvalue weighted by atomic mass is 19.1. The summed E-state index contributed by atoms with van der Waals surface area (Å²) < 4.78 is 19.5. The van der Waals surface area contributed by atoms with Gasteiger partial charge in [-0.1, -0.05) is 18.2 Å². The van der Waals surface area contributed by atoms with E-state index in [1.165, 1.54) is 12.1 Å². The zero-order valence-corrected chi connectivity index (χ0v) is 14.4. The number of nitrogens with one attached hydrogen (secondary N) is 1. The molecule has 0 aromatic heterocycles. The maximum absolute atomic E-state index is 14.4. The van der Waals surface area contributed by atoms with Crippen LogP contribution in [-0.4, -0.2) is 30.1 Å². The third-order valence-electron chi connectivity index (χ3n) is 4.75. The topological polar surface area (TPSA) is 75.6 Å². The van der Waals surface area contributed by atoms with E-state index in [9.17, 15) is 14.0 Å². The second kappa shape index (κ2) is 7.56. The molecule has 1 saturated carbocycles. The molecular formula is C20H20FNO4. The third kappa shape index (κ3) is 3.85. The van der Waals surface area contributed by atoms with Crippen molar-refractivity contribution in [3.8, 4) is 16.9 Å². The summed E-state index contributed by atoms with van der Waals surface area (Å²) in [7, 11) is 1.57. The monoisotopic (exact) mass is 357 g/mol. The lowest BCUT2D eigenvalue weighted by Gasteiger charge is -2.13. The lowest BCUT2D eigenvalue weighted by atomic mass is 10.0. The number of aliphatic carboxylic acids is 1. The number of carbonyl (C=O) groups is 2. The summed E-state index contributed by atoms with van der Waals surface area (Å²) in [5, 5.41) is 11.8. The maximum atomic E-state index is 14.4. The standard InChI is InChI=1S/C20H20FNO4/c1-26-16-7-3-12(4-8-16)13-5-9-17(18(21)11-13)19(23)22-15-6-2-14(10-15)20(24)25/h3-5,7-9,11,14-15H,2,6,10H2,1H3,(H,22,23)(H,24,25)/t14-,15+/m0/s1. The molecule has 6 heteroatoms. The summed E-state index contributed by atoms with van der Waals surface area (Å²) in [6.07, 6.45) is 1.50. The minimum Gasteiger partial charge on any atom is -0.497 e. The van der Waals surface area contributed by atoms with Crippen molar-refractivity contribution >= 4 is 11.9 Å². The van der Waals surface area contributed by atoms with E-state index in [1.54, 1.807) is 25.3 Å². The molecule has 2 atom stereocenters. The van der Waals surface area contributed by atoms with E-state index in [0.717, 1.165) is 5.56 Å². The highest BCUT2D eigenvalue weighted by Gasteiger charge is 2.31. The molecule has 0 aliphatic heterocycles. The molecule has 0 spiro atoms. The summed E-state index contributed by atoms with van der Waals surface area (Å²) >= 11 is 0. The van der Waals surface area contributed by atoms with Crippen molar-refractivity contribution in [3.05, 3.63) is 53.8 Å². The van der Waals surface area contributed by atoms with Crippen molar-refractivity contribution in [2.75, 3.05) is 7.11 Å². The van der Waals surface area contributed by atoms with Crippen molar-refractivity contribution in [3.63, 3.8) is 0 Å². The molecule has 0 heterocycles. The Morgan fingerprint density at radius 3 is 2.38 bits per heavy atom. The highest BCUT2D eigenvalue weighted by Crippen LogP contribution is 2.27. The van der Waals surface area contributed by atoms with Crippen LogP contribution in [0.15, 0.2) is 42.5 Å². The number of halogens is 1. The largest absolute Gasteiger partial charge is 0.497 e. The number of benzene rings is 2. The van der Waals surface area contributed by atoms with Gasteiger partial charge in [-0.2, -0.15) is 0 Å². The van der Waals surface area contributed by atoms with Gasteiger partial charge in [0.05, 0.1) is 18.6 Å². The molecule has 2 aromatic rings. The van der Waals surface area contributed by atoms with E-state index in [0.29, 0.717) is 30.6 Å². The molecule has 0 unspecified atom stereocenters. The summed E-state index contributed by atoms with van der Waals surface area (Å²) in [5.41, 5.74) is 1.44. The van der Waals surface area contributed by atoms with Gasteiger partial charge in [0.2, 0.25) is 0 Å². The van der Waals surface area contributed by atoms with Crippen molar-refractivity contribution in [2.45, 2.75) is 25.3 Å². The van der Waals surface area contributed by atoms with Gasteiger partial charge in [-0.15, -0.1) is 0 Å². The van der Waals surface area contributed by atoms with E-state index in [4.69, 9.17) is 9.84 Å². The summed E-state index contributed by atoms with van der Waals surface area (Å²) in [6.45, 7) is 0. The molecule has 0 radical (unpaired) electrons. The van der Waals surface area contributed by atoms with E-state index in [-0.39, 0.29) is 11.6 Å². The van der Waals surface area contributed by atoms with Gasteiger partial charge in [-0.05, 0) is 54.7 Å². The van der Waals surface area contributed by atoms with Gasteiger partial charge in [-0.25, -0.2) is 4.39 Å². The minimum atomic E-state index is -0.850. The van der Waals surface area contributed by atoms with E-state index < -0.39 is 23.6 Å². The number of hydrogen-bond acceptors (Lipinski definition) is 3. The number of methoxy groups -OCH3 is 1. The highest BCUT2D eigenvalue weighted by molar-refractivity contribution is 5.95. The van der Waals surface area contributed by atoms with Gasteiger partial charge >= 0.3 is 5.97 Å². The van der Waals surface area contributed by atoms with Crippen LogP contribution in [0.2, 0.25) is 0 Å². The molecule has 1 amide bonds. The maximum Gasteiger partial charge on any atom is 0.306 e. The van der Waals surface area contributed by atoms with Crippen LogP contribution in [-0.2, 0) is 4.79 Å². The Balaban J connectivity index is 1.70. The van der Waals surface area contributed by atoms with Crippen LogP contribution in [0, 0.1) is 11.7 Å². The second-order valence-electron chi connectivity index (χ2n) is 6.44. The Kier molecular flexibility index (Phi) is 5.21. The molecule has 5 nitrogen and oxygen atoms in total. The fraction of sp³-hybridized carbons (Fsp3) is 0.300. The molecule has 1 fully saturated rings. The zero-order valence-electron chi connectivity index (χ0n) is 14.4. The second-order valence-corrected chi connectivity index (χ2v) is 6.44. The van der Waals surface area contributed by atoms with E-state index in [1.807, 2.05) is 12.1 Å². The van der Waals surface area contributed by atoms with Crippen LogP contribution in [0.4, 0.5) is 4.39 Å². The van der Waals surface area contributed by atoms with Crippen LogP contribution < -0.4 is 10.1 Å². The van der Waals surface area contributed by atoms with Crippen LogP contribution >= 0.6 is 0 Å². The lowest BCUT2D eigenvalue weighted by molar-refractivity contribution is -0.141. The van der Waals surface area contributed by atoms with Gasteiger partial charge in [0.15, 0.2) is 0 Å². The summed E-state index contributed by atoms with van der Waals surface area (Å²) in [5.74, 6) is -1.70. The molecule has 1 aliphatic carbocycles. The fourth-order valence-electron chi connectivity index (χ4n) is 3.26. The first-order valence-corrected chi connectivity index (χ1v) is 8.45. The summed E-state index contributed by atoms with van der Waals surface area (Å²) in [4.78, 5) is 23.3. The number of carbonyl (C=O) groups excluding carboxylic acids is 1. The summed E-state index contributed by atoms with van der Waals surface area (Å²) in [6, 6.07) is 11.4. The first-order valence-electron chi connectivity index (χ1n) is 8.45. The molecule has 26 heavy (non-hydrogen) atoms. The molecule has 2 aromatic carbocycles. The average Bonchev–Trinajstić information content (AvgIpc) is 3.10. The average molecular weight is 357 g/mol. The van der Waals surface area contributed by atoms with Crippen molar-refractivity contribution in [1.29, 1.82) is 0 Å². The van der Waals surface area contributed by atoms with Crippen LogP contribution in [0.1, 0.15) is 29.6 Å². The Morgan fingerprint density at radius 1 is 1.12 bits per heavy atom. The number of rotatable bonds is 5. The molecule has 136 valence electrons. The number of hydrogen-bond donors (Lipinski definition) is 2. The molecule has 0 bridgehead atoms. The van der Waals surface area contributed by atoms with Crippen LogP contribution in [0.5, 0.6) is 5.75 Å².